The number of para-hydroxylation sites is 1. The maximum Gasteiger partial charge on any atom is 0.241 e. The summed E-state index contributed by atoms with van der Waals surface area (Å²) >= 11 is 0. The van der Waals surface area contributed by atoms with E-state index in [1.807, 2.05) is 6.07 Å². The van der Waals surface area contributed by atoms with Crippen LogP contribution in [0.3, 0.4) is 0 Å². The van der Waals surface area contributed by atoms with E-state index in [0.29, 0.717) is 16.6 Å². The number of nitrogens with two attached hydrogens (primary N) is 3. The van der Waals surface area contributed by atoms with Crippen LogP contribution < -0.4 is 43.2 Å². The first kappa shape index (κ1) is 23.4. The van der Waals surface area contributed by atoms with Crippen LogP contribution in [0.25, 0.3) is 22.0 Å². The summed E-state index contributed by atoms with van der Waals surface area (Å²) in [7, 11) is -8.79. The molecule has 1 aromatic heterocycles. The first-order chi connectivity index (χ1) is 15.6. The molecule has 0 unspecified atom stereocenters. The smallest absolute Gasteiger partial charge is 0.241 e. The van der Waals surface area contributed by atoms with Crippen molar-refractivity contribution in [2.75, 3.05) is 18.8 Å². The number of benzene rings is 2. The molecule has 0 radical (unpaired) electrons. The molecule has 0 spiro atoms. The van der Waals surface area contributed by atoms with Crippen LogP contribution in [0.4, 0.5) is 5.82 Å². The zero-order valence-electron chi connectivity index (χ0n) is 17.2. The van der Waals surface area contributed by atoms with Gasteiger partial charge in [-0.2, -0.15) is 11.1 Å². The lowest BCUT2D eigenvalue weighted by molar-refractivity contribution is 0.533. The van der Waals surface area contributed by atoms with Crippen molar-refractivity contribution >= 4 is 36.8 Å². The molecule has 1 aliphatic heterocycles. The van der Waals surface area contributed by atoms with Gasteiger partial charge in [-0.1, -0.05) is 24.3 Å². The average molecular weight is 494 g/mol. The van der Waals surface area contributed by atoms with Gasteiger partial charge in [0.25, 0.3) is 0 Å². The summed E-state index contributed by atoms with van der Waals surface area (Å²) in [6, 6.07) is 11.5. The van der Waals surface area contributed by atoms with Gasteiger partial charge >= 0.3 is 0 Å². The molecule has 176 valence electrons. The van der Waals surface area contributed by atoms with Crippen molar-refractivity contribution in [3.8, 4) is 11.1 Å². The molecule has 0 saturated carbocycles. The second-order valence-electron chi connectivity index (χ2n) is 7.17. The lowest BCUT2D eigenvalue weighted by Gasteiger charge is -2.22. The molecule has 2 heterocycles. The van der Waals surface area contributed by atoms with E-state index in [-0.39, 0.29) is 24.5 Å². The molecular weight excluding hydrogens is 470 g/mol. The van der Waals surface area contributed by atoms with Crippen molar-refractivity contribution in [1.82, 2.24) is 31.6 Å². The molecule has 0 amide bonds. The molecule has 15 heteroatoms. The van der Waals surface area contributed by atoms with Crippen LogP contribution in [0.5, 0.6) is 0 Å². The largest absolute Gasteiger partial charge is 0.384 e. The molecule has 3 aromatic rings. The normalized spacial score (nSPS) is 15.3. The van der Waals surface area contributed by atoms with E-state index in [0.717, 1.165) is 5.39 Å². The Morgan fingerprint density at radius 3 is 2.36 bits per heavy atom. The van der Waals surface area contributed by atoms with Gasteiger partial charge in [0.2, 0.25) is 20.0 Å². The second-order valence-corrected chi connectivity index (χ2v) is 10.4. The van der Waals surface area contributed by atoms with Crippen molar-refractivity contribution in [2.24, 2.45) is 10.9 Å². The van der Waals surface area contributed by atoms with E-state index in [4.69, 9.17) is 16.6 Å². The highest BCUT2D eigenvalue weighted by Gasteiger charge is 2.34. The fourth-order valence-corrected chi connectivity index (χ4v) is 6.36. The number of hydrogen-bond donors (Lipinski definition) is 8. The summed E-state index contributed by atoms with van der Waals surface area (Å²) < 4.78 is 53.7. The van der Waals surface area contributed by atoms with Gasteiger partial charge in [-0.15, -0.1) is 0 Å². The van der Waals surface area contributed by atoms with Gasteiger partial charge in [0.15, 0.2) is 0 Å². The molecule has 2 aromatic carbocycles. The van der Waals surface area contributed by atoms with E-state index in [9.17, 15) is 16.8 Å². The number of nitrogens with one attached hydrogen (secondary N) is 5. The number of nitrogen functional groups attached to an aromatic ring is 1. The standard InChI is InChI=1S/C18H23N9O4S2/c19-8-9-22-33(30,31)13-6-5-11(12-3-1-2-10-4-7-14(20)23-16(10)12)15(17(13)32(21,28)29)18-24-26-27-25-18/h1-7,18,22,24-27H,8-9,19H2,(H2,20,23)(H2,21,28,29). The fraction of sp³-hybridized carbons (Fsp3) is 0.167. The Labute approximate surface area is 190 Å². The Balaban J connectivity index is 2.09. The number of fused-ring (bicyclic) bond motifs is 1. The Morgan fingerprint density at radius 2 is 1.70 bits per heavy atom. The van der Waals surface area contributed by atoms with Crippen LogP contribution in [0.2, 0.25) is 0 Å². The first-order valence-electron chi connectivity index (χ1n) is 9.69. The van der Waals surface area contributed by atoms with E-state index in [1.54, 1.807) is 24.3 Å². The number of anilines is 1. The number of hydrazine groups is 3. The van der Waals surface area contributed by atoms with E-state index in [1.165, 1.54) is 12.1 Å². The summed E-state index contributed by atoms with van der Waals surface area (Å²) in [5.74, 6) is 0.272. The van der Waals surface area contributed by atoms with Gasteiger partial charge in [0, 0.05) is 29.6 Å². The number of pyridine rings is 1. The molecule has 1 saturated heterocycles. The fourth-order valence-electron chi connectivity index (χ4n) is 3.65. The molecule has 1 fully saturated rings. The summed E-state index contributed by atoms with van der Waals surface area (Å²) in [5.41, 5.74) is 23.6. The van der Waals surface area contributed by atoms with Gasteiger partial charge in [-0.05, 0) is 23.8 Å². The minimum atomic E-state index is -4.53. The SMILES string of the molecule is NCCNS(=O)(=O)c1ccc(-c2cccc3ccc(N)nc23)c(C2NNNN2)c1S(N)(=O)=O. The highest BCUT2D eigenvalue weighted by atomic mass is 32.2. The summed E-state index contributed by atoms with van der Waals surface area (Å²) in [6.07, 6.45) is -0.880. The molecule has 1 aliphatic rings. The molecular formula is C18H23N9O4S2. The lowest BCUT2D eigenvalue weighted by Crippen LogP contribution is -2.33. The summed E-state index contributed by atoms with van der Waals surface area (Å²) in [6.45, 7) is -0.0589. The van der Waals surface area contributed by atoms with Gasteiger partial charge < -0.3 is 11.5 Å². The van der Waals surface area contributed by atoms with Crippen LogP contribution in [-0.2, 0) is 20.0 Å². The maximum atomic E-state index is 12.9. The molecule has 0 bridgehead atoms. The maximum absolute atomic E-state index is 12.9. The topological polar surface area (TPSA) is 219 Å². The number of rotatable bonds is 7. The highest BCUT2D eigenvalue weighted by Crippen LogP contribution is 2.38. The average Bonchev–Trinajstić information content (AvgIpc) is 3.30. The van der Waals surface area contributed by atoms with E-state index < -0.39 is 36.0 Å². The minimum Gasteiger partial charge on any atom is -0.384 e. The van der Waals surface area contributed by atoms with Crippen molar-refractivity contribution in [3.63, 3.8) is 0 Å². The monoisotopic (exact) mass is 493 g/mol. The van der Waals surface area contributed by atoms with Crippen molar-refractivity contribution in [2.45, 2.75) is 16.0 Å². The molecule has 0 atom stereocenters. The Hall–Kier alpha value is -2.73. The zero-order valence-corrected chi connectivity index (χ0v) is 18.8. The zero-order chi connectivity index (χ0) is 23.8. The van der Waals surface area contributed by atoms with Crippen molar-refractivity contribution < 1.29 is 16.8 Å². The quantitative estimate of drug-likeness (QED) is 0.189. The van der Waals surface area contributed by atoms with Gasteiger partial charge in [0.1, 0.15) is 21.8 Å². The van der Waals surface area contributed by atoms with E-state index in [2.05, 4.69) is 31.6 Å². The number of sulfonamides is 2. The number of hydrogen-bond acceptors (Lipinski definition) is 11. The van der Waals surface area contributed by atoms with Gasteiger partial charge in [-0.3, -0.25) is 0 Å². The predicted octanol–water partition coefficient (Wildman–Crippen LogP) is -1.52. The van der Waals surface area contributed by atoms with Crippen molar-refractivity contribution in [3.05, 3.63) is 48.0 Å². The molecule has 11 N–H and O–H groups in total. The van der Waals surface area contributed by atoms with Crippen LogP contribution >= 0.6 is 0 Å². The number of aromatic nitrogens is 1. The highest BCUT2D eigenvalue weighted by molar-refractivity contribution is 7.92. The van der Waals surface area contributed by atoms with Crippen LogP contribution in [0, 0.1) is 0 Å². The van der Waals surface area contributed by atoms with Gasteiger partial charge in [0.05, 0.1) is 5.52 Å². The first-order valence-corrected chi connectivity index (χ1v) is 12.7. The Kier molecular flexibility index (Phi) is 6.32. The van der Waals surface area contributed by atoms with E-state index >= 15 is 0 Å². The molecule has 0 aliphatic carbocycles. The number of primary sulfonamides is 1. The summed E-state index contributed by atoms with van der Waals surface area (Å²) in [5, 5.41) is 6.32. The third-order valence-electron chi connectivity index (χ3n) is 4.99. The third-order valence-corrected chi connectivity index (χ3v) is 7.63. The Bertz CT molecular complexity index is 1420. The lowest BCUT2D eigenvalue weighted by atomic mass is 9.95. The van der Waals surface area contributed by atoms with Crippen LogP contribution in [0.1, 0.15) is 11.7 Å². The van der Waals surface area contributed by atoms with Crippen molar-refractivity contribution in [1.29, 1.82) is 0 Å². The third kappa shape index (κ3) is 4.54. The predicted molar refractivity (Wildman–Crippen MR) is 122 cm³/mol. The number of nitrogens with zero attached hydrogens (tertiary/aromatic N) is 1. The molecule has 4 rings (SSSR count). The van der Waals surface area contributed by atoms with Crippen LogP contribution in [-0.4, -0.2) is 34.9 Å². The minimum absolute atomic E-state index is 0.0253. The van der Waals surface area contributed by atoms with Crippen LogP contribution in [0.15, 0.2) is 52.3 Å². The summed E-state index contributed by atoms with van der Waals surface area (Å²) in [4.78, 5) is 3.34. The van der Waals surface area contributed by atoms with Gasteiger partial charge in [-0.25, -0.2) is 42.5 Å². The second kappa shape index (κ2) is 8.90. The molecule has 33 heavy (non-hydrogen) atoms. The Morgan fingerprint density at radius 1 is 0.970 bits per heavy atom. The molecule has 13 nitrogen and oxygen atoms in total.